The number of methoxy groups -OCH3 is 1. The zero-order valence-corrected chi connectivity index (χ0v) is 10.4. The first-order chi connectivity index (χ1) is 9.52. The lowest BCUT2D eigenvalue weighted by Crippen LogP contribution is -2.01. The number of halogens is 2. The minimum Gasteiger partial charge on any atom is -0.494 e. The van der Waals surface area contributed by atoms with Crippen molar-refractivity contribution in [1.29, 1.82) is 0 Å². The monoisotopic (exact) mass is 280 g/mol. The Morgan fingerprint density at radius 3 is 2.60 bits per heavy atom. The third kappa shape index (κ3) is 2.66. The van der Waals surface area contributed by atoms with Crippen LogP contribution >= 0.6 is 0 Å². The highest BCUT2D eigenvalue weighted by Crippen LogP contribution is 2.34. The van der Waals surface area contributed by atoms with E-state index in [9.17, 15) is 18.9 Å². The topological polar surface area (TPSA) is 64.4 Å². The molecule has 2 aromatic rings. The van der Waals surface area contributed by atoms with Crippen molar-refractivity contribution in [3.63, 3.8) is 0 Å². The van der Waals surface area contributed by atoms with E-state index in [1.807, 2.05) is 0 Å². The summed E-state index contributed by atoms with van der Waals surface area (Å²) in [7, 11) is 1.33. The van der Waals surface area contributed by atoms with Crippen molar-refractivity contribution in [2.75, 3.05) is 12.4 Å². The molecular formula is C13H10F2N2O3. The predicted octanol–water partition coefficient (Wildman–Crippen LogP) is 3.63. The molecule has 0 aliphatic heterocycles. The van der Waals surface area contributed by atoms with Crippen LogP contribution < -0.4 is 10.1 Å². The normalized spacial score (nSPS) is 10.2. The van der Waals surface area contributed by atoms with Gasteiger partial charge in [0.25, 0.3) is 0 Å². The molecule has 20 heavy (non-hydrogen) atoms. The number of anilines is 2. The van der Waals surface area contributed by atoms with Crippen LogP contribution in [0.5, 0.6) is 5.75 Å². The molecule has 0 bridgehead atoms. The predicted molar refractivity (Wildman–Crippen MR) is 69.3 cm³/mol. The van der Waals surface area contributed by atoms with E-state index in [2.05, 4.69) is 5.32 Å². The quantitative estimate of drug-likeness (QED) is 0.686. The molecule has 0 radical (unpaired) electrons. The molecule has 1 N–H and O–H groups in total. The second-order valence-corrected chi connectivity index (χ2v) is 3.86. The van der Waals surface area contributed by atoms with Crippen LogP contribution in [0.4, 0.5) is 25.8 Å². The lowest BCUT2D eigenvalue weighted by atomic mass is 10.2. The van der Waals surface area contributed by atoms with Crippen molar-refractivity contribution >= 4 is 17.1 Å². The van der Waals surface area contributed by atoms with Crippen LogP contribution in [0.3, 0.4) is 0 Å². The number of para-hydroxylation sites is 1. The molecule has 0 unspecified atom stereocenters. The lowest BCUT2D eigenvalue weighted by Gasteiger charge is -2.11. The van der Waals surface area contributed by atoms with Crippen molar-refractivity contribution in [1.82, 2.24) is 0 Å². The van der Waals surface area contributed by atoms with Gasteiger partial charge in [-0.15, -0.1) is 0 Å². The number of ether oxygens (including phenoxy) is 1. The van der Waals surface area contributed by atoms with Gasteiger partial charge in [-0.05, 0) is 24.3 Å². The van der Waals surface area contributed by atoms with Crippen LogP contribution in [-0.4, -0.2) is 12.0 Å². The highest BCUT2D eigenvalue weighted by Gasteiger charge is 2.20. The average Bonchev–Trinajstić information content (AvgIpc) is 2.40. The van der Waals surface area contributed by atoms with E-state index in [1.54, 1.807) is 0 Å². The van der Waals surface area contributed by atoms with Gasteiger partial charge in [0.05, 0.1) is 17.7 Å². The summed E-state index contributed by atoms with van der Waals surface area (Å²) in [6.07, 6.45) is 0. The third-order valence-corrected chi connectivity index (χ3v) is 2.60. The Morgan fingerprint density at radius 1 is 1.20 bits per heavy atom. The van der Waals surface area contributed by atoms with Gasteiger partial charge in [0.15, 0.2) is 0 Å². The van der Waals surface area contributed by atoms with Crippen molar-refractivity contribution in [2.45, 2.75) is 0 Å². The summed E-state index contributed by atoms with van der Waals surface area (Å²) in [4.78, 5) is 10.0. The molecule has 104 valence electrons. The van der Waals surface area contributed by atoms with Gasteiger partial charge < -0.3 is 10.1 Å². The number of hydrogen-bond acceptors (Lipinski definition) is 4. The second kappa shape index (κ2) is 5.52. The molecule has 0 heterocycles. The van der Waals surface area contributed by atoms with Crippen molar-refractivity contribution in [3.05, 3.63) is 58.1 Å². The number of benzene rings is 2. The van der Waals surface area contributed by atoms with Crippen molar-refractivity contribution in [2.24, 2.45) is 0 Å². The third-order valence-electron chi connectivity index (χ3n) is 2.60. The fourth-order valence-electron chi connectivity index (χ4n) is 1.72. The highest BCUT2D eigenvalue weighted by atomic mass is 19.1. The molecule has 0 aliphatic rings. The summed E-state index contributed by atoms with van der Waals surface area (Å²) in [6, 6.07) is 7.31. The molecule has 0 aromatic heterocycles. The molecular weight excluding hydrogens is 270 g/mol. The van der Waals surface area contributed by atoms with Crippen LogP contribution in [0.25, 0.3) is 0 Å². The van der Waals surface area contributed by atoms with Gasteiger partial charge in [0, 0.05) is 6.07 Å². The first kappa shape index (κ1) is 13.7. The maximum atomic E-state index is 13.5. The maximum absolute atomic E-state index is 13.5. The van der Waals surface area contributed by atoms with Gasteiger partial charge in [-0.25, -0.2) is 4.39 Å². The Kier molecular flexibility index (Phi) is 3.79. The number of nitro groups is 1. The number of hydrogen-bond donors (Lipinski definition) is 1. The molecule has 2 aromatic carbocycles. The summed E-state index contributed by atoms with van der Waals surface area (Å²) in [5, 5.41) is 13.5. The molecule has 0 saturated carbocycles. The molecule has 0 fully saturated rings. The number of nitrogens with one attached hydrogen (secondary N) is 1. The fourth-order valence-corrected chi connectivity index (χ4v) is 1.72. The molecule has 0 amide bonds. The number of nitro benzene ring substituents is 1. The van der Waals surface area contributed by atoms with Crippen LogP contribution in [0, 0.1) is 21.7 Å². The van der Waals surface area contributed by atoms with Crippen LogP contribution in [-0.2, 0) is 0 Å². The van der Waals surface area contributed by atoms with E-state index in [0.717, 1.165) is 18.2 Å². The van der Waals surface area contributed by atoms with E-state index in [-0.39, 0.29) is 11.4 Å². The standard InChI is InChI=1S/C13H10F2N2O3/c1-20-12-7-8(14)5-6-10(12)16-11-4-2-3-9(15)13(11)17(18)19/h2-7,16H,1H3. The summed E-state index contributed by atoms with van der Waals surface area (Å²) >= 11 is 0. The summed E-state index contributed by atoms with van der Waals surface area (Å²) < 4.78 is 31.5. The first-order valence-electron chi connectivity index (χ1n) is 5.56. The Hall–Kier alpha value is -2.70. The maximum Gasteiger partial charge on any atom is 0.327 e. The largest absolute Gasteiger partial charge is 0.494 e. The minimum absolute atomic E-state index is 0.0418. The Morgan fingerprint density at radius 2 is 1.95 bits per heavy atom. The van der Waals surface area contributed by atoms with Gasteiger partial charge in [0.2, 0.25) is 5.82 Å². The summed E-state index contributed by atoms with van der Waals surface area (Å²) in [5.74, 6) is -1.31. The zero-order valence-electron chi connectivity index (χ0n) is 10.4. The molecule has 0 atom stereocenters. The number of nitrogens with zero attached hydrogens (tertiary/aromatic N) is 1. The summed E-state index contributed by atoms with van der Waals surface area (Å²) in [5.41, 5.74) is -0.429. The molecule has 5 nitrogen and oxygen atoms in total. The smallest absolute Gasteiger partial charge is 0.327 e. The molecule has 0 spiro atoms. The fraction of sp³-hybridized carbons (Fsp3) is 0.0769. The SMILES string of the molecule is COc1cc(F)ccc1Nc1cccc(F)c1[N+](=O)[O-]. The summed E-state index contributed by atoms with van der Waals surface area (Å²) in [6.45, 7) is 0. The Bertz CT molecular complexity index is 662. The molecule has 2 rings (SSSR count). The van der Waals surface area contributed by atoms with E-state index in [0.29, 0.717) is 5.69 Å². The highest BCUT2D eigenvalue weighted by molar-refractivity contribution is 5.73. The minimum atomic E-state index is -0.957. The zero-order chi connectivity index (χ0) is 14.7. The van der Waals surface area contributed by atoms with Gasteiger partial charge in [0.1, 0.15) is 17.3 Å². The molecule has 0 aliphatic carbocycles. The van der Waals surface area contributed by atoms with Crippen molar-refractivity contribution in [3.8, 4) is 5.75 Å². The molecule has 0 saturated heterocycles. The molecule has 7 heteroatoms. The van der Waals surface area contributed by atoms with E-state index in [4.69, 9.17) is 4.74 Å². The average molecular weight is 280 g/mol. The van der Waals surface area contributed by atoms with Crippen LogP contribution in [0.15, 0.2) is 36.4 Å². The van der Waals surface area contributed by atoms with Gasteiger partial charge >= 0.3 is 5.69 Å². The first-order valence-corrected chi connectivity index (χ1v) is 5.56. The van der Waals surface area contributed by atoms with Crippen LogP contribution in [0.2, 0.25) is 0 Å². The Labute approximate surface area is 113 Å². The van der Waals surface area contributed by atoms with Crippen molar-refractivity contribution < 1.29 is 18.4 Å². The Balaban J connectivity index is 2.45. The number of rotatable bonds is 4. The van der Waals surface area contributed by atoms with Gasteiger partial charge in [-0.2, -0.15) is 4.39 Å². The second-order valence-electron chi connectivity index (χ2n) is 3.86. The van der Waals surface area contributed by atoms with E-state index < -0.39 is 22.2 Å². The van der Waals surface area contributed by atoms with Gasteiger partial charge in [-0.3, -0.25) is 10.1 Å². The van der Waals surface area contributed by atoms with E-state index in [1.165, 1.54) is 25.3 Å². The van der Waals surface area contributed by atoms with Gasteiger partial charge in [-0.1, -0.05) is 6.07 Å². The van der Waals surface area contributed by atoms with E-state index >= 15 is 0 Å². The van der Waals surface area contributed by atoms with Crippen LogP contribution in [0.1, 0.15) is 0 Å². The lowest BCUT2D eigenvalue weighted by molar-refractivity contribution is -0.386.